The van der Waals surface area contributed by atoms with E-state index in [-0.39, 0.29) is 0 Å². The topological polar surface area (TPSA) is 12.0 Å². The van der Waals surface area contributed by atoms with E-state index in [1.807, 2.05) is 13.0 Å². The Bertz CT molecular complexity index is 763. The van der Waals surface area contributed by atoms with Crippen molar-refractivity contribution in [2.24, 2.45) is 10.8 Å². The number of hydrogen-bond donors (Lipinski definition) is 1. The van der Waals surface area contributed by atoms with Gasteiger partial charge in [0.15, 0.2) is 0 Å². The van der Waals surface area contributed by atoms with E-state index in [2.05, 4.69) is 117 Å². The van der Waals surface area contributed by atoms with E-state index in [0.29, 0.717) is 10.8 Å². The molecule has 0 aromatic heterocycles. The molecular weight excluding hydrogens is 398 g/mol. The smallest absolute Gasteiger partial charge is 0.0397 e. The molecule has 0 unspecified atom stereocenters. The molecule has 0 bridgehead atoms. The molecule has 2 aromatic carbocycles. The molecule has 186 valence electrons. The standard InChI is InChI=1S/C12H17N.C12H26.C8H10/c1-9(2)13-8-12-6-5-10(3)11(4)7-12;1-7-11(5,8-2)12(6,9-3)10-4;1-2-8-6-4-3-5-7-8/h5-7,13H,1,8H2,2-4H3;7-10H2,1-6H3;3-7H,2H2,1H3. The van der Waals surface area contributed by atoms with Crippen LogP contribution >= 0.6 is 0 Å². The fraction of sp³-hybridized carbons (Fsp3) is 0.562. The normalized spacial score (nSPS) is 11.0. The number of nitrogens with one attached hydrogen (secondary N) is 1. The zero-order valence-corrected chi connectivity index (χ0v) is 23.6. The maximum Gasteiger partial charge on any atom is 0.0397 e. The minimum Gasteiger partial charge on any atom is -0.385 e. The van der Waals surface area contributed by atoms with Crippen LogP contribution in [0.25, 0.3) is 0 Å². The fourth-order valence-corrected chi connectivity index (χ4v) is 4.09. The minimum atomic E-state index is 0.538. The van der Waals surface area contributed by atoms with Crippen LogP contribution in [-0.4, -0.2) is 0 Å². The van der Waals surface area contributed by atoms with Gasteiger partial charge in [0.2, 0.25) is 0 Å². The minimum absolute atomic E-state index is 0.538. The summed E-state index contributed by atoms with van der Waals surface area (Å²) in [5.74, 6) is 0. The zero-order chi connectivity index (χ0) is 25.5. The molecule has 0 saturated heterocycles. The lowest BCUT2D eigenvalue weighted by atomic mass is 9.60. The summed E-state index contributed by atoms with van der Waals surface area (Å²) in [5, 5.41) is 3.21. The Kier molecular flexibility index (Phi) is 14.8. The third kappa shape index (κ3) is 10.6. The van der Waals surface area contributed by atoms with Crippen molar-refractivity contribution in [3.05, 3.63) is 83.1 Å². The van der Waals surface area contributed by atoms with Crippen molar-refractivity contribution in [2.45, 2.75) is 108 Å². The molecular formula is C32H53N. The summed E-state index contributed by atoms with van der Waals surface area (Å²) in [6.07, 6.45) is 6.37. The lowest BCUT2D eigenvalue weighted by Gasteiger charge is -2.45. The van der Waals surface area contributed by atoms with Crippen LogP contribution in [-0.2, 0) is 13.0 Å². The fourth-order valence-electron chi connectivity index (χ4n) is 4.09. The van der Waals surface area contributed by atoms with E-state index in [0.717, 1.165) is 18.7 Å². The van der Waals surface area contributed by atoms with Crippen molar-refractivity contribution >= 4 is 0 Å². The average molecular weight is 452 g/mol. The molecule has 1 heteroatoms. The first-order valence-corrected chi connectivity index (χ1v) is 13.0. The second-order valence-corrected chi connectivity index (χ2v) is 9.93. The molecule has 0 aliphatic rings. The molecule has 33 heavy (non-hydrogen) atoms. The third-order valence-corrected chi connectivity index (χ3v) is 8.00. The van der Waals surface area contributed by atoms with E-state index in [4.69, 9.17) is 0 Å². The molecule has 1 nitrogen and oxygen atoms in total. The van der Waals surface area contributed by atoms with E-state index in [1.165, 1.54) is 47.9 Å². The van der Waals surface area contributed by atoms with Crippen molar-refractivity contribution < 1.29 is 0 Å². The Morgan fingerprint density at radius 3 is 1.55 bits per heavy atom. The highest BCUT2D eigenvalue weighted by molar-refractivity contribution is 5.30. The molecule has 0 aliphatic heterocycles. The SMILES string of the molecule is C=C(C)NCc1ccc(C)c(C)c1.CCC(C)(CC)C(C)(CC)CC.CCc1ccccc1. The summed E-state index contributed by atoms with van der Waals surface area (Å²) in [6.45, 7) is 27.3. The van der Waals surface area contributed by atoms with Crippen LogP contribution in [0.1, 0.15) is 103 Å². The van der Waals surface area contributed by atoms with Crippen molar-refractivity contribution in [3.8, 4) is 0 Å². The highest BCUT2D eigenvalue weighted by Crippen LogP contribution is 2.48. The largest absolute Gasteiger partial charge is 0.385 e. The van der Waals surface area contributed by atoms with Crippen LogP contribution in [0.2, 0.25) is 0 Å². The van der Waals surface area contributed by atoms with E-state index in [9.17, 15) is 0 Å². The molecule has 0 aliphatic carbocycles. The van der Waals surface area contributed by atoms with Gasteiger partial charge in [-0.1, -0.05) is 129 Å². The lowest BCUT2D eigenvalue weighted by molar-refractivity contribution is 0.0500. The monoisotopic (exact) mass is 451 g/mol. The number of allylic oxidation sites excluding steroid dienone is 1. The molecule has 0 atom stereocenters. The highest BCUT2D eigenvalue weighted by Gasteiger charge is 2.38. The Morgan fingerprint density at radius 1 is 0.727 bits per heavy atom. The van der Waals surface area contributed by atoms with Crippen LogP contribution in [0.15, 0.2) is 60.8 Å². The molecule has 0 spiro atoms. The summed E-state index contributed by atoms with van der Waals surface area (Å²) in [5.41, 5.74) is 7.50. The van der Waals surface area contributed by atoms with Crippen molar-refractivity contribution in [2.75, 3.05) is 0 Å². The summed E-state index contributed by atoms with van der Waals surface area (Å²) >= 11 is 0. The molecule has 0 fully saturated rings. The Hall–Kier alpha value is -2.02. The van der Waals surface area contributed by atoms with Crippen LogP contribution < -0.4 is 5.32 Å². The number of hydrogen-bond acceptors (Lipinski definition) is 1. The van der Waals surface area contributed by atoms with Crippen LogP contribution in [0.5, 0.6) is 0 Å². The Balaban J connectivity index is 0.000000478. The molecule has 0 amide bonds. The predicted octanol–water partition coefficient (Wildman–Crippen LogP) is 9.81. The molecule has 1 N–H and O–H groups in total. The molecule has 2 aromatic rings. The zero-order valence-electron chi connectivity index (χ0n) is 23.6. The van der Waals surface area contributed by atoms with Gasteiger partial charge >= 0.3 is 0 Å². The number of rotatable bonds is 9. The van der Waals surface area contributed by atoms with Gasteiger partial charge in [0.1, 0.15) is 0 Å². The number of aryl methyl sites for hydroxylation is 3. The van der Waals surface area contributed by atoms with Gasteiger partial charge in [-0.05, 0) is 60.3 Å². The first-order chi connectivity index (χ1) is 15.5. The van der Waals surface area contributed by atoms with Gasteiger partial charge in [-0.25, -0.2) is 0 Å². The quantitative estimate of drug-likeness (QED) is 0.400. The molecule has 0 saturated carbocycles. The summed E-state index contributed by atoms with van der Waals surface area (Å²) < 4.78 is 0. The lowest BCUT2D eigenvalue weighted by Crippen LogP contribution is -2.35. The summed E-state index contributed by atoms with van der Waals surface area (Å²) in [7, 11) is 0. The predicted molar refractivity (Wildman–Crippen MR) is 151 cm³/mol. The first-order valence-electron chi connectivity index (χ1n) is 13.0. The first kappa shape index (κ1) is 31.0. The van der Waals surface area contributed by atoms with Crippen LogP contribution in [0, 0.1) is 24.7 Å². The Morgan fingerprint density at radius 2 is 1.21 bits per heavy atom. The van der Waals surface area contributed by atoms with E-state index < -0.39 is 0 Å². The second-order valence-electron chi connectivity index (χ2n) is 9.93. The Labute approximate surface area is 207 Å². The van der Waals surface area contributed by atoms with Gasteiger partial charge in [0.25, 0.3) is 0 Å². The maximum absolute atomic E-state index is 3.80. The average Bonchev–Trinajstić information content (AvgIpc) is 2.84. The molecule has 0 heterocycles. The molecule has 0 radical (unpaired) electrons. The van der Waals surface area contributed by atoms with E-state index >= 15 is 0 Å². The third-order valence-electron chi connectivity index (χ3n) is 8.00. The van der Waals surface area contributed by atoms with Crippen molar-refractivity contribution in [1.82, 2.24) is 5.32 Å². The highest BCUT2D eigenvalue weighted by atomic mass is 14.9. The summed E-state index contributed by atoms with van der Waals surface area (Å²) in [6, 6.07) is 17.0. The number of benzene rings is 2. The van der Waals surface area contributed by atoms with E-state index in [1.54, 1.807) is 0 Å². The van der Waals surface area contributed by atoms with Gasteiger partial charge in [-0.2, -0.15) is 0 Å². The summed E-state index contributed by atoms with van der Waals surface area (Å²) in [4.78, 5) is 0. The maximum atomic E-state index is 3.80. The van der Waals surface area contributed by atoms with Gasteiger partial charge in [0.05, 0.1) is 0 Å². The van der Waals surface area contributed by atoms with Gasteiger partial charge in [-0.15, -0.1) is 0 Å². The van der Waals surface area contributed by atoms with Gasteiger partial charge in [0, 0.05) is 12.2 Å². The van der Waals surface area contributed by atoms with Crippen LogP contribution in [0.3, 0.4) is 0 Å². The van der Waals surface area contributed by atoms with Gasteiger partial charge < -0.3 is 5.32 Å². The van der Waals surface area contributed by atoms with Crippen molar-refractivity contribution in [1.29, 1.82) is 0 Å². The van der Waals surface area contributed by atoms with Gasteiger partial charge in [-0.3, -0.25) is 0 Å². The van der Waals surface area contributed by atoms with Crippen molar-refractivity contribution in [3.63, 3.8) is 0 Å². The molecule has 2 rings (SSSR count). The second kappa shape index (κ2) is 15.8. The van der Waals surface area contributed by atoms with Crippen LogP contribution in [0.4, 0.5) is 0 Å².